The normalized spacial score (nSPS) is 12.8. The highest BCUT2D eigenvalue weighted by atomic mass is 16.6. The van der Waals surface area contributed by atoms with E-state index in [0.29, 0.717) is 0 Å². The maximum absolute atomic E-state index is 12.8. The minimum Gasteiger partial charge on any atom is -0.459 e. The first-order chi connectivity index (χ1) is 14.7. The number of hydrogen-bond acceptors (Lipinski definition) is 6. The Morgan fingerprint density at radius 2 is 1.90 bits per heavy atom. The third-order valence-electron chi connectivity index (χ3n) is 4.89. The molecule has 0 bridgehead atoms. The second kappa shape index (κ2) is 7.91. The fraction of sp³-hybridized carbons (Fsp3) is 0.292. The van der Waals surface area contributed by atoms with Gasteiger partial charge in [0, 0.05) is 23.2 Å². The summed E-state index contributed by atoms with van der Waals surface area (Å²) in [6.07, 6.45) is 2.97. The number of furan rings is 1. The molecule has 0 radical (unpaired) electrons. The van der Waals surface area contributed by atoms with Gasteiger partial charge in [-0.05, 0) is 51.5 Å². The van der Waals surface area contributed by atoms with Crippen LogP contribution in [0.3, 0.4) is 0 Å². The maximum Gasteiger partial charge on any atom is 0.326 e. The Labute approximate surface area is 179 Å². The van der Waals surface area contributed by atoms with Gasteiger partial charge < -0.3 is 14.5 Å². The zero-order valence-corrected chi connectivity index (χ0v) is 18.0. The number of carbonyl (C=O) groups is 1. The van der Waals surface area contributed by atoms with Gasteiger partial charge in [-0.25, -0.2) is 4.98 Å². The van der Waals surface area contributed by atoms with E-state index in [1.165, 1.54) is 17.0 Å². The van der Waals surface area contributed by atoms with Gasteiger partial charge in [-0.15, -0.1) is 0 Å². The van der Waals surface area contributed by atoms with Crippen molar-refractivity contribution in [2.75, 3.05) is 5.32 Å². The number of para-hydroxylation sites is 1. The maximum atomic E-state index is 12.8. The summed E-state index contributed by atoms with van der Waals surface area (Å²) in [7, 11) is 0. The quantitative estimate of drug-likeness (QED) is 0.474. The average molecular weight is 419 g/mol. The number of nitrogens with one attached hydrogen (secondary N) is 1. The molecule has 0 aliphatic heterocycles. The van der Waals surface area contributed by atoms with Crippen molar-refractivity contribution in [3.8, 4) is 0 Å². The molecule has 0 spiro atoms. The minimum absolute atomic E-state index is 0.172. The molecular weight excluding hydrogens is 394 g/mol. The number of carbonyl (C=O) groups excluding carboxylic acids is 1. The number of aromatic nitrogens is 2. The van der Waals surface area contributed by atoms with E-state index in [1.54, 1.807) is 20.8 Å². The van der Waals surface area contributed by atoms with Crippen LogP contribution >= 0.6 is 0 Å². The van der Waals surface area contributed by atoms with Crippen LogP contribution in [0.4, 0.5) is 5.82 Å². The highest BCUT2D eigenvalue weighted by molar-refractivity contribution is 6.05. The second-order valence-electron chi connectivity index (χ2n) is 8.52. The fourth-order valence-electron chi connectivity index (χ4n) is 3.49. The van der Waals surface area contributed by atoms with E-state index in [9.17, 15) is 9.59 Å². The van der Waals surface area contributed by atoms with Crippen LogP contribution in [0.25, 0.3) is 21.9 Å². The molecule has 0 aliphatic rings. The summed E-state index contributed by atoms with van der Waals surface area (Å²) in [4.78, 5) is 29.1. The van der Waals surface area contributed by atoms with Crippen molar-refractivity contribution in [1.82, 2.24) is 9.55 Å². The molecule has 4 rings (SSSR count). The van der Waals surface area contributed by atoms with Crippen LogP contribution in [0.5, 0.6) is 0 Å². The van der Waals surface area contributed by atoms with Crippen molar-refractivity contribution in [1.29, 1.82) is 0 Å². The molecule has 0 amide bonds. The Kier molecular flexibility index (Phi) is 5.27. The molecule has 1 atom stereocenters. The zero-order chi connectivity index (χ0) is 22.2. The third-order valence-corrected chi connectivity index (χ3v) is 4.89. The highest BCUT2D eigenvalue weighted by Gasteiger charge is 2.18. The van der Waals surface area contributed by atoms with Gasteiger partial charge >= 0.3 is 5.97 Å². The third kappa shape index (κ3) is 4.45. The predicted molar refractivity (Wildman–Crippen MR) is 120 cm³/mol. The number of nitrogens with zero attached hydrogens (tertiary/aromatic N) is 2. The lowest BCUT2D eigenvalue weighted by Gasteiger charge is -2.20. The Morgan fingerprint density at radius 1 is 1.16 bits per heavy atom. The summed E-state index contributed by atoms with van der Waals surface area (Å²) in [5.41, 5.74) is 1.65. The Hall–Kier alpha value is -3.61. The van der Waals surface area contributed by atoms with E-state index in [0.717, 1.165) is 27.5 Å². The van der Waals surface area contributed by atoms with Crippen LogP contribution in [0.1, 0.15) is 39.3 Å². The second-order valence-corrected chi connectivity index (χ2v) is 8.52. The topological polar surface area (TPSA) is 86.4 Å². The molecular formula is C24H25N3O4. The Morgan fingerprint density at radius 3 is 2.68 bits per heavy atom. The van der Waals surface area contributed by atoms with Gasteiger partial charge in [-0.2, -0.15) is 0 Å². The van der Waals surface area contributed by atoms with Crippen molar-refractivity contribution in [2.45, 2.75) is 45.9 Å². The molecule has 0 fully saturated rings. The van der Waals surface area contributed by atoms with Gasteiger partial charge in [0.15, 0.2) is 5.82 Å². The number of rotatable bonds is 5. The molecule has 1 N–H and O–H groups in total. The van der Waals surface area contributed by atoms with Gasteiger partial charge in [-0.3, -0.25) is 14.2 Å². The molecule has 7 nitrogen and oxygen atoms in total. The summed E-state index contributed by atoms with van der Waals surface area (Å²) in [5, 5.41) is 5.23. The fourth-order valence-corrected chi connectivity index (χ4v) is 3.49. The number of benzene rings is 2. The van der Waals surface area contributed by atoms with Crippen LogP contribution in [0, 0.1) is 0 Å². The molecule has 31 heavy (non-hydrogen) atoms. The number of ether oxygens (including phenoxy) is 1. The molecule has 4 aromatic rings. The predicted octanol–water partition coefficient (Wildman–Crippen LogP) is 4.66. The van der Waals surface area contributed by atoms with Crippen LogP contribution in [0.2, 0.25) is 0 Å². The van der Waals surface area contributed by atoms with Crippen molar-refractivity contribution in [3.05, 3.63) is 70.8 Å². The largest absolute Gasteiger partial charge is 0.459 e. The standard InChI is InChI=1S/C24H25N3O4/c1-15(16-9-10-20-18(13-16)17-7-5-6-8-19(17)30-20)26-22-23(29)27(12-11-25-22)14-21(28)31-24(2,3)4/h5-13,15H,14H2,1-4H3,(H,25,26)/t15-/m0/s1. The summed E-state index contributed by atoms with van der Waals surface area (Å²) < 4.78 is 12.5. The molecule has 2 aromatic carbocycles. The monoisotopic (exact) mass is 419 g/mol. The molecule has 2 aromatic heterocycles. The van der Waals surface area contributed by atoms with E-state index in [4.69, 9.17) is 9.15 Å². The molecule has 7 heteroatoms. The van der Waals surface area contributed by atoms with E-state index in [1.807, 2.05) is 43.3 Å². The Balaban J connectivity index is 1.57. The van der Waals surface area contributed by atoms with E-state index in [-0.39, 0.29) is 24.0 Å². The SMILES string of the molecule is C[C@H](Nc1nccn(CC(=O)OC(C)(C)C)c1=O)c1ccc2oc3ccccc3c2c1. The first kappa shape index (κ1) is 20.7. The smallest absolute Gasteiger partial charge is 0.326 e. The minimum atomic E-state index is -0.612. The van der Waals surface area contributed by atoms with Gasteiger partial charge in [0.2, 0.25) is 0 Å². The number of esters is 1. The lowest BCUT2D eigenvalue weighted by Crippen LogP contribution is -2.32. The summed E-state index contributed by atoms with van der Waals surface area (Å²) in [6, 6.07) is 13.7. The van der Waals surface area contributed by atoms with Gasteiger partial charge in [0.25, 0.3) is 5.56 Å². The summed E-state index contributed by atoms with van der Waals surface area (Å²) in [6.45, 7) is 7.14. The highest BCUT2D eigenvalue weighted by Crippen LogP contribution is 2.31. The van der Waals surface area contributed by atoms with Crippen molar-refractivity contribution in [3.63, 3.8) is 0 Å². The van der Waals surface area contributed by atoms with Gasteiger partial charge in [-0.1, -0.05) is 24.3 Å². The van der Waals surface area contributed by atoms with Crippen molar-refractivity contribution < 1.29 is 13.9 Å². The average Bonchev–Trinajstić information content (AvgIpc) is 3.07. The number of fused-ring (bicyclic) bond motifs is 3. The first-order valence-electron chi connectivity index (χ1n) is 10.2. The van der Waals surface area contributed by atoms with Gasteiger partial charge in [0.1, 0.15) is 23.3 Å². The Bertz CT molecular complexity index is 1310. The summed E-state index contributed by atoms with van der Waals surface area (Å²) >= 11 is 0. The van der Waals surface area contributed by atoms with Crippen molar-refractivity contribution in [2.24, 2.45) is 0 Å². The number of hydrogen-bond donors (Lipinski definition) is 1. The van der Waals surface area contributed by atoms with Crippen LogP contribution < -0.4 is 10.9 Å². The molecule has 0 unspecified atom stereocenters. The van der Waals surface area contributed by atoms with E-state index in [2.05, 4.69) is 16.4 Å². The van der Waals surface area contributed by atoms with Gasteiger partial charge in [0.05, 0.1) is 6.04 Å². The van der Waals surface area contributed by atoms with Crippen LogP contribution in [0.15, 0.2) is 64.1 Å². The summed E-state index contributed by atoms with van der Waals surface area (Å²) in [5.74, 6) is -0.298. The molecule has 2 heterocycles. The number of anilines is 1. The van der Waals surface area contributed by atoms with E-state index >= 15 is 0 Å². The lowest BCUT2D eigenvalue weighted by molar-refractivity contribution is -0.155. The van der Waals surface area contributed by atoms with E-state index < -0.39 is 11.6 Å². The van der Waals surface area contributed by atoms with Crippen molar-refractivity contribution >= 4 is 33.7 Å². The zero-order valence-electron chi connectivity index (χ0n) is 18.0. The molecule has 0 saturated carbocycles. The molecule has 160 valence electrons. The first-order valence-corrected chi connectivity index (χ1v) is 10.2. The molecule has 0 aliphatic carbocycles. The lowest BCUT2D eigenvalue weighted by atomic mass is 10.0. The van der Waals surface area contributed by atoms with Crippen LogP contribution in [-0.2, 0) is 16.1 Å². The van der Waals surface area contributed by atoms with Crippen LogP contribution in [-0.4, -0.2) is 21.1 Å². The molecule has 0 saturated heterocycles.